The first-order valence-electron chi connectivity index (χ1n) is 14.7. The van der Waals surface area contributed by atoms with Crippen LogP contribution in [0.3, 0.4) is 0 Å². The van der Waals surface area contributed by atoms with Gasteiger partial charge in [0.05, 0.1) is 43.9 Å². The molecule has 0 saturated heterocycles. The van der Waals surface area contributed by atoms with Gasteiger partial charge in [-0.15, -0.1) is 0 Å². The third-order valence-corrected chi connectivity index (χ3v) is 9.53. The van der Waals surface area contributed by atoms with Gasteiger partial charge in [0.1, 0.15) is 5.70 Å². The van der Waals surface area contributed by atoms with Crippen LogP contribution in [0.4, 0.5) is 5.69 Å². The van der Waals surface area contributed by atoms with Gasteiger partial charge in [-0.2, -0.15) is 0 Å². The number of halogens is 2. The molecule has 1 unspecified atom stereocenters. The van der Waals surface area contributed by atoms with Crippen molar-refractivity contribution in [3.05, 3.63) is 146 Å². The summed E-state index contributed by atoms with van der Waals surface area (Å²) in [5.74, 6) is -1.77. The lowest BCUT2D eigenvalue weighted by Crippen LogP contribution is -2.46. The second-order valence-electron chi connectivity index (χ2n) is 11.3. The van der Waals surface area contributed by atoms with Crippen molar-refractivity contribution in [2.24, 2.45) is 0 Å². The van der Waals surface area contributed by atoms with E-state index in [4.69, 9.17) is 37.4 Å². The SMILES string of the molecule is COC(=O)C1=C(C(=O)OC)C2(c3cc(Cl)ccc3-c3ccc(Cl)cc32)C2C=C(/C=C/c3ccc(C(=O)OC)cc3)c3ccccc3N12. The number of nitrogens with zero attached hydrogens (tertiary/aromatic N) is 1. The van der Waals surface area contributed by atoms with Crippen molar-refractivity contribution in [2.75, 3.05) is 26.2 Å². The van der Waals surface area contributed by atoms with E-state index in [0.717, 1.165) is 39.0 Å². The lowest BCUT2D eigenvalue weighted by Gasteiger charge is -2.41. The Morgan fingerprint density at radius 1 is 0.702 bits per heavy atom. The largest absolute Gasteiger partial charge is 0.466 e. The van der Waals surface area contributed by atoms with Crippen molar-refractivity contribution < 1.29 is 28.6 Å². The summed E-state index contributed by atoms with van der Waals surface area (Å²) < 4.78 is 15.6. The summed E-state index contributed by atoms with van der Waals surface area (Å²) in [5.41, 5.74) is 5.88. The average Bonchev–Trinajstić information content (AvgIpc) is 3.56. The minimum atomic E-state index is -1.26. The normalized spacial score (nSPS) is 16.7. The average molecular weight is 665 g/mol. The molecule has 4 aromatic carbocycles. The summed E-state index contributed by atoms with van der Waals surface area (Å²) in [6, 6.07) is 25.3. The molecule has 7 rings (SSSR count). The number of allylic oxidation sites excluding steroid dienone is 2. The highest BCUT2D eigenvalue weighted by atomic mass is 35.5. The first-order valence-corrected chi connectivity index (χ1v) is 15.5. The van der Waals surface area contributed by atoms with E-state index in [1.165, 1.54) is 21.3 Å². The molecule has 3 aliphatic rings. The van der Waals surface area contributed by atoms with E-state index >= 15 is 0 Å². The molecule has 7 nitrogen and oxygen atoms in total. The first kappa shape index (κ1) is 30.5. The van der Waals surface area contributed by atoms with E-state index < -0.39 is 29.4 Å². The van der Waals surface area contributed by atoms with Crippen molar-refractivity contribution in [1.29, 1.82) is 0 Å². The van der Waals surface area contributed by atoms with Crippen molar-refractivity contribution in [2.45, 2.75) is 11.5 Å². The van der Waals surface area contributed by atoms with Crippen LogP contribution < -0.4 is 4.90 Å². The highest BCUT2D eigenvalue weighted by Crippen LogP contribution is 2.63. The van der Waals surface area contributed by atoms with Crippen LogP contribution in [0, 0.1) is 0 Å². The molecule has 0 amide bonds. The van der Waals surface area contributed by atoms with Crippen molar-refractivity contribution in [3.63, 3.8) is 0 Å². The Morgan fingerprint density at radius 2 is 1.30 bits per heavy atom. The van der Waals surface area contributed by atoms with Crippen LogP contribution in [-0.2, 0) is 29.2 Å². The molecular formula is C38H27Cl2NO6. The van der Waals surface area contributed by atoms with Gasteiger partial charge in [0, 0.05) is 21.3 Å². The predicted octanol–water partition coefficient (Wildman–Crippen LogP) is 7.65. The van der Waals surface area contributed by atoms with Gasteiger partial charge in [0.2, 0.25) is 0 Å². The third kappa shape index (κ3) is 4.53. The molecule has 0 bridgehead atoms. The number of para-hydroxylation sites is 1. The van der Waals surface area contributed by atoms with Crippen molar-refractivity contribution >= 4 is 58.4 Å². The zero-order valence-corrected chi connectivity index (χ0v) is 27.1. The summed E-state index contributed by atoms with van der Waals surface area (Å²) in [7, 11) is 3.93. The predicted molar refractivity (Wildman–Crippen MR) is 181 cm³/mol. The second-order valence-corrected chi connectivity index (χ2v) is 12.2. The van der Waals surface area contributed by atoms with Gasteiger partial charge in [-0.3, -0.25) is 0 Å². The molecule has 1 spiro atoms. The number of methoxy groups -OCH3 is 3. The number of anilines is 1. The molecule has 0 saturated carbocycles. The fraction of sp³-hybridized carbons (Fsp3) is 0.132. The van der Waals surface area contributed by atoms with E-state index in [9.17, 15) is 14.4 Å². The van der Waals surface area contributed by atoms with Crippen LogP contribution in [0.25, 0.3) is 22.8 Å². The van der Waals surface area contributed by atoms with Crippen LogP contribution in [0.1, 0.15) is 32.6 Å². The standard InChI is InChI=1S/C38H27Cl2NO6/c1-45-35(42)22-11-8-21(9-12-22)10-13-23-18-32-38(29-19-24(39)14-16-27(29)28-17-15-25(40)20-30(28)38)33(36(43)46-2)34(37(44)47-3)41(32)31-7-5-4-6-26(23)31/h4-20,32H,1-3H3/b13-10+. The van der Waals surface area contributed by atoms with Crippen LogP contribution in [0.2, 0.25) is 10.0 Å². The van der Waals surface area contributed by atoms with E-state index in [2.05, 4.69) is 6.08 Å². The molecule has 1 atom stereocenters. The molecule has 0 aromatic heterocycles. The smallest absolute Gasteiger partial charge is 0.355 e. The number of carbonyl (C=O) groups excluding carboxylic acids is 3. The van der Waals surface area contributed by atoms with Gasteiger partial charge >= 0.3 is 17.9 Å². The fourth-order valence-electron chi connectivity index (χ4n) is 7.17. The summed E-state index contributed by atoms with van der Waals surface area (Å²) in [5, 5.41) is 0.944. The molecule has 1 aliphatic carbocycles. The monoisotopic (exact) mass is 663 g/mol. The minimum absolute atomic E-state index is 0.0771. The summed E-state index contributed by atoms with van der Waals surface area (Å²) in [6.45, 7) is 0. The molecule has 47 heavy (non-hydrogen) atoms. The van der Waals surface area contributed by atoms with E-state index in [1.54, 1.807) is 24.3 Å². The summed E-state index contributed by atoms with van der Waals surface area (Å²) in [6.07, 6.45) is 5.99. The fourth-order valence-corrected chi connectivity index (χ4v) is 7.51. The Kier molecular flexibility index (Phi) is 7.54. The zero-order valence-electron chi connectivity index (χ0n) is 25.5. The topological polar surface area (TPSA) is 82.1 Å². The number of ether oxygens (including phenoxy) is 3. The van der Waals surface area contributed by atoms with E-state index in [1.807, 2.05) is 77.7 Å². The molecular weight excluding hydrogens is 637 g/mol. The molecule has 2 heterocycles. The highest BCUT2D eigenvalue weighted by Gasteiger charge is 2.63. The Bertz CT molecular complexity index is 2040. The molecule has 0 radical (unpaired) electrons. The molecule has 9 heteroatoms. The number of benzene rings is 4. The maximum atomic E-state index is 14.1. The second kappa shape index (κ2) is 11.6. The lowest BCUT2D eigenvalue weighted by molar-refractivity contribution is -0.139. The van der Waals surface area contributed by atoms with Crippen LogP contribution in [-0.4, -0.2) is 45.3 Å². The number of hydrogen-bond donors (Lipinski definition) is 0. The van der Waals surface area contributed by atoms with E-state index in [0.29, 0.717) is 21.3 Å². The summed E-state index contributed by atoms with van der Waals surface area (Å²) in [4.78, 5) is 41.8. The maximum Gasteiger partial charge on any atom is 0.355 e. The molecule has 0 fully saturated rings. The number of hydrogen-bond acceptors (Lipinski definition) is 7. The Balaban J connectivity index is 1.53. The Hall–Kier alpha value is -5.11. The van der Waals surface area contributed by atoms with Gasteiger partial charge in [-0.05, 0) is 75.9 Å². The maximum absolute atomic E-state index is 14.1. The molecule has 4 aromatic rings. The Labute approximate surface area is 281 Å². The van der Waals surface area contributed by atoms with Gasteiger partial charge in [-0.25, -0.2) is 14.4 Å². The molecule has 2 aliphatic heterocycles. The zero-order chi connectivity index (χ0) is 33.0. The minimum Gasteiger partial charge on any atom is -0.466 e. The van der Waals surface area contributed by atoms with Crippen LogP contribution in [0.15, 0.2) is 108 Å². The van der Waals surface area contributed by atoms with Crippen molar-refractivity contribution in [1.82, 2.24) is 0 Å². The van der Waals surface area contributed by atoms with Gasteiger partial charge in [0.25, 0.3) is 0 Å². The van der Waals surface area contributed by atoms with Gasteiger partial charge < -0.3 is 19.1 Å². The third-order valence-electron chi connectivity index (χ3n) is 9.06. The quantitative estimate of drug-likeness (QED) is 0.160. The number of fused-ring (bicyclic) bond motifs is 9. The van der Waals surface area contributed by atoms with Gasteiger partial charge in [-0.1, -0.05) is 83.9 Å². The van der Waals surface area contributed by atoms with Crippen LogP contribution >= 0.6 is 23.2 Å². The number of carbonyl (C=O) groups is 3. The van der Waals surface area contributed by atoms with Crippen LogP contribution in [0.5, 0.6) is 0 Å². The van der Waals surface area contributed by atoms with Gasteiger partial charge in [0.15, 0.2) is 0 Å². The molecule has 0 N–H and O–H groups in total. The summed E-state index contributed by atoms with van der Waals surface area (Å²) >= 11 is 13.3. The first-order chi connectivity index (χ1) is 22.7. The lowest BCUT2D eigenvalue weighted by atomic mass is 9.67. The number of rotatable bonds is 5. The van der Waals surface area contributed by atoms with Crippen molar-refractivity contribution in [3.8, 4) is 11.1 Å². The van der Waals surface area contributed by atoms with E-state index in [-0.39, 0.29) is 11.3 Å². The molecule has 234 valence electrons. The Morgan fingerprint density at radius 3 is 1.89 bits per heavy atom. The highest BCUT2D eigenvalue weighted by molar-refractivity contribution is 6.31. The number of esters is 3.